The second kappa shape index (κ2) is 7.94. The lowest BCUT2D eigenvalue weighted by Crippen LogP contribution is -2.31. The Balaban J connectivity index is 1.61. The van der Waals surface area contributed by atoms with Crippen molar-refractivity contribution in [2.24, 2.45) is 0 Å². The van der Waals surface area contributed by atoms with E-state index in [1.807, 2.05) is 34.2 Å². The number of rotatable bonds is 6. The predicted molar refractivity (Wildman–Crippen MR) is 113 cm³/mol. The van der Waals surface area contributed by atoms with Gasteiger partial charge in [-0.05, 0) is 31.0 Å². The third kappa shape index (κ3) is 3.68. The zero-order valence-electron chi connectivity index (χ0n) is 15.9. The van der Waals surface area contributed by atoms with Gasteiger partial charge in [-0.3, -0.25) is 4.79 Å². The van der Waals surface area contributed by atoms with Gasteiger partial charge in [0.05, 0.1) is 22.6 Å². The third-order valence-corrected chi connectivity index (χ3v) is 5.43. The molecule has 0 radical (unpaired) electrons. The van der Waals surface area contributed by atoms with Crippen LogP contribution in [0.4, 0.5) is 0 Å². The topological polar surface area (TPSA) is 59.8 Å². The molecule has 6 heteroatoms. The number of fused-ring (bicyclic) bond motifs is 1. The molecule has 1 amide bonds. The van der Waals surface area contributed by atoms with Crippen LogP contribution in [-0.4, -0.2) is 20.4 Å². The van der Waals surface area contributed by atoms with Gasteiger partial charge in [0, 0.05) is 5.38 Å². The summed E-state index contributed by atoms with van der Waals surface area (Å²) in [6.45, 7) is 4.35. The molecule has 2 aromatic heterocycles. The number of aromatic nitrogens is 3. The van der Waals surface area contributed by atoms with E-state index in [-0.39, 0.29) is 18.5 Å². The van der Waals surface area contributed by atoms with Gasteiger partial charge in [0.1, 0.15) is 12.2 Å². The van der Waals surface area contributed by atoms with Crippen molar-refractivity contribution < 1.29 is 4.79 Å². The molecule has 0 spiro atoms. The molecule has 0 saturated carbocycles. The zero-order chi connectivity index (χ0) is 19.5. The number of thiazole rings is 1. The number of hydrogen-bond donors (Lipinski definition) is 1. The molecular formula is C22H22N4OS. The number of carbonyl (C=O) groups excluding carboxylic acids is 1. The smallest absolute Gasteiger partial charge is 0.240 e. The summed E-state index contributed by atoms with van der Waals surface area (Å²) in [4.78, 5) is 22.0. The molecule has 1 atom stereocenters. The van der Waals surface area contributed by atoms with E-state index in [2.05, 4.69) is 48.4 Å². The standard InChI is InChI=1S/C22H22N4OS/c1-3-17(16-10-8-15(2)9-11-16)24-21(27)12-26-20-7-5-4-6-18(20)25-22(26)19-13-28-14-23-19/h4-11,13-14,17H,3,12H2,1-2H3,(H,24,27). The van der Waals surface area contributed by atoms with E-state index in [0.717, 1.165) is 34.5 Å². The van der Waals surface area contributed by atoms with E-state index in [1.54, 1.807) is 5.51 Å². The number of benzene rings is 2. The van der Waals surface area contributed by atoms with Crippen LogP contribution < -0.4 is 5.32 Å². The van der Waals surface area contributed by atoms with E-state index in [4.69, 9.17) is 4.98 Å². The first-order valence-electron chi connectivity index (χ1n) is 9.35. The second-order valence-corrected chi connectivity index (χ2v) is 7.54. The van der Waals surface area contributed by atoms with Crippen LogP contribution in [-0.2, 0) is 11.3 Å². The van der Waals surface area contributed by atoms with E-state index in [0.29, 0.717) is 0 Å². The number of aryl methyl sites for hydroxylation is 1. The summed E-state index contributed by atoms with van der Waals surface area (Å²) in [5.74, 6) is 0.688. The third-order valence-electron chi connectivity index (χ3n) is 4.84. The lowest BCUT2D eigenvalue weighted by molar-refractivity contribution is -0.122. The van der Waals surface area contributed by atoms with Crippen LogP contribution in [0, 0.1) is 6.92 Å². The Morgan fingerprint density at radius 1 is 1.18 bits per heavy atom. The number of imidazole rings is 1. The average molecular weight is 391 g/mol. The molecule has 28 heavy (non-hydrogen) atoms. The van der Waals surface area contributed by atoms with Gasteiger partial charge in [-0.2, -0.15) is 0 Å². The molecule has 1 unspecified atom stereocenters. The number of amides is 1. The first-order valence-corrected chi connectivity index (χ1v) is 10.3. The maximum Gasteiger partial charge on any atom is 0.240 e. The number of nitrogens with one attached hydrogen (secondary N) is 1. The highest BCUT2D eigenvalue weighted by Crippen LogP contribution is 2.25. The molecule has 0 aliphatic rings. The Labute approximate surface area is 168 Å². The first kappa shape index (κ1) is 18.4. The monoisotopic (exact) mass is 390 g/mol. The van der Waals surface area contributed by atoms with Gasteiger partial charge in [0.2, 0.25) is 5.91 Å². The van der Waals surface area contributed by atoms with Crippen molar-refractivity contribution in [3.05, 3.63) is 70.5 Å². The fourth-order valence-corrected chi connectivity index (χ4v) is 3.89. The highest BCUT2D eigenvalue weighted by molar-refractivity contribution is 7.07. The van der Waals surface area contributed by atoms with Gasteiger partial charge in [-0.1, -0.05) is 48.9 Å². The largest absolute Gasteiger partial charge is 0.348 e. The van der Waals surface area contributed by atoms with Crippen molar-refractivity contribution in [3.8, 4) is 11.5 Å². The molecule has 4 rings (SSSR count). The summed E-state index contributed by atoms with van der Waals surface area (Å²) in [6.07, 6.45) is 0.832. The predicted octanol–water partition coefficient (Wildman–Crippen LogP) is 4.74. The second-order valence-electron chi connectivity index (χ2n) is 6.82. The summed E-state index contributed by atoms with van der Waals surface area (Å²) >= 11 is 1.52. The first-order chi connectivity index (χ1) is 13.7. The minimum atomic E-state index is -0.0351. The van der Waals surface area contributed by atoms with E-state index in [9.17, 15) is 4.79 Å². The lowest BCUT2D eigenvalue weighted by atomic mass is 10.0. The Bertz CT molecular complexity index is 1080. The molecule has 2 heterocycles. The van der Waals surface area contributed by atoms with E-state index >= 15 is 0 Å². The van der Waals surface area contributed by atoms with Crippen LogP contribution in [0.1, 0.15) is 30.5 Å². The van der Waals surface area contributed by atoms with Crippen LogP contribution in [0.25, 0.3) is 22.6 Å². The minimum absolute atomic E-state index is 0.00870. The fourth-order valence-electron chi connectivity index (χ4n) is 3.36. The highest BCUT2D eigenvalue weighted by Gasteiger charge is 2.18. The van der Waals surface area contributed by atoms with Gasteiger partial charge >= 0.3 is 0 Å². The Morgan fingerprint density at radius 3 is 2.68 bits per heavy atom. The summed E-state index contributed by atoms with van der Waals surface area (Å²) in [5, 5.41) is 5.13. The van der Waals surface area contributed by atoms with Crippen molar-refractivity contribution in [2.75, 3.05) is 0 Å². The molecule has 142 valence electrons. The molecule has 1 N–H and O–H groups in total. The maximum absolute atomic E-state index is 12.9. The Kier molecular flexibility index (Phi) is 5.21. The van der Waals surface area contributed by atoms with Gasteiger partial charge < -0.3 is 9.88 Å². The molecule has 0 fully saturated rings. The highest BCUT2D eigenvalue weighted by atomic mass is 32.1. The van der Waals surface area contributed by atoms with Crippen molar-refractivity contribution in [3.63, 3.8) is 0 Å². The minimum Gasteiger partial charge on any atom is -0.348 e. The SMILES string of the molecule is CCC(NC(=O)Cn1c(-c2cscn2)nc2ccccc21)c1ccc(C)cc1. The fraction of sp³-hybridized carbons (Fsp3) is 0.227. The van der Waals surface area contributed by atoms with Gasteiger partial charge in [0.25, 0.3) is 0 Å². The van der Waals surface area contributed by atoms with Crippen LogP contribution >= 0.6 is 11.3 Å². The lowest BCUT2D eigenvalue weighted by Gasteiger charge is -2.18. The van der Waals surface area contributed by atoms with Crippen molar-refractivity contribution in [2.45, 2.75) is 32.9 Å². The molecule has 0 aliphatic carbocycles. The molecule has 0 aliphatic heterocycles. The van der Waals surface area contributed by atoms with Gasteiger partial charge in [-0.25, -0.2) is 9.97 Å². The summed E-state index contributed by atoms with van der Waals surface area (Å²) in [6, 6.07) is 16.2. The number of nitrogens with zero attached hydrogens (tertiary/aromatic N) is 3. The van der Waals surface area contributed by atoms with Crippen molar-refractivity contribution >= 4 is 28.3 Å². The number of para-hydroxylation sites is 2. The molecule has 0 saturated heterocycles. The molecular weight excluding hydrogens is 368 g/mol. The van der Waals surface area contributed by atoms with E-state index in [1.165, 1.54) is 16.9 Å². The molecule has 5 nitrogen and oxygen atoms in total. The Hall–Kier alpha value is -2.99. The van der Waals surface area contributed by atoms with Gasteiger partial charge in [-0.15, -0.1) is 11.3 Å². The molecule has 4 aromatic rings. The quantitative estimate of drug-likeness (QED) is 0.517. The van der Waals surface area contributed by atoms with Crippen molar-refractivity contribution in [1.82, 2.24) is 19.9 Å². The van der Waals surface area contributed by atoms with E-state index < -0.39 is 0 Å². The van der Waals surface area contributed by atoms with Crippen molar-refractivity contribution in [1.29, 1.82) is 0 Å². The number of carbonyl (C=O) groups is 1. The van der Waals surface area contributed by atoms with Crippen LogP contribution in [0.2, 0.25) is 0 Å². The average Bonchev–Trinajstić information content (AvgIpc) is 3.35. The summed E-state index contributed by atoms with van der Waals surface area (Å²) in [7, 11) is 0. The summed E-state index contributed by atoms with van der Waals surface area (Å²) in [5.41, 5.74) is 6.70. The number of hydrogen-bond acceptors (Lipinski definition) is 4. The maximum atomic E-state index is 12.9. The van der Waals surface area contributed by atoms with Crippen LogP contribution in [0.15, 0.2) is 59.4 Å². The Morgan fingerprint density at radius 2 is 1.96 bits per heavy atom. The normalized spacial score (nSPS) is 12.2. The summed E-state index contributed by atoms with van der Waals surface area (Å²) < 4.78 is 1.95. The van der Waals surface area contributed by atoms with Crippen LogP contribution in [0.5, 0.6) is 0 Å². The van der Waals surface area contributed by atoms with Crippen LogP contribution in [0.3, 0.4) is 0 Å². The molecule has 2 aromatic carbocycles. The van der Waals surface area contributed by atoms with Gasteiger partial charge in [0.15, 0.2) is 5.82 Å². The zero-order valence-corrected chi connectivity index (χ0v) is 16.7. The molecule has 0 bridgehead atoms.